The second-order valence-electron chi connectivity index (χ2n) is 12.3. The second-order valence-corrected chi connectivity index (χ2v) is 12.3. The summed E-state index contributed by atoms with van der Waals surface area (Å²) in [5.74, 6) is -2.59. The molecule has 0 aromatic carbocycles. The van der Waals surface area contributed by atoms with Crippen LogP contribution in [-0.4, -0.2) is 65.9 Å². The van der Waals surface area contributed by atoms with Crippen LogP contribution in [0.5, 0.6) is 0 Å². The van der Waals surface area contributed by atoms with E-state index in [2.05, 4.69) is 10.6 Å². The fourth-order valence-electron chi connectivity index (χ4n) is 5.73. The van der Waals surface area contributed by atoms with E-state index in [1.54, 1.807) is 57.2 Å². The molecule has 10 heteroatoms. The number of allylic oxidation sites excluding steroid dienone is 8. The molecular weight excluding hydrogens is 588 g/mol. The molecule has 1 aliphatic heterocycles. The van der Waals surface area contributed by atoms with Gasteiger partial charge in [-0.25, -0.2) is 4.79 Å². The van der Waals surface area contributed by atoms with Crippen LogP contribution in [0.25, 0.3) is 0 Å². The van der Waals surface area contributed by atoms with Gasteiger partial charge < -0.3 is 25.2 Å². The second kappa shape index (κ2) is 18.3. The summed E-state index contributed by atoms with van der Waals surface area (Å²) in [5, 5.41) is 16.6. The van der Waals surface area contributed by atoms with Crippen molar-refractivity contribution < 1.29 is 38.6 Å². The summed E-state index contributed by atoms with van der Waals surface area (Å²) in [5.41, 5.74) is 0.803. The molecule has 3 N–H and O–H groups in total. The average molecular weight is 637 g/mol. The summed E-state index contributed by atoms with van der Waals surface area (Å²) in [6.07, 6.45) is 18.1. The van der Waals surface area contributed by atoms with Crippen molar-refractivity contribution >= 4 is 29.4 Å². The van der Waals surface area contributed by atoms with Gasteiger partial charge in [-0.3, -0.25) is 19.2 Å². The molecule has 5 unspecified atom stereocenters. The van der Waals surface area contributed by atoms with Crippen molar-refractivity contribution in [2.24, 2.45) is 11.8 Å². The van der Waals surface area contributed by atoms with Crippen molar-refractivity contribution in [3.8, 4) is 0 Å². The minimum absolute atomic E-state index is 0.0567. The first-order chi connectivity index (χ1) is 22.0. The maximum Gasteiger partial charge on any atom is 0.328 e. The van der Waals surface area contributed by atoms with Gasteiger partial charge in [0.05, 0.1) is 24.3 Å². The highest BCUT2D eigenvalue weighted by Gasteiger charge is 2.31. The third kappa shape index (κ3) is 11.2. The summed E-state index contributed by atoms with van der Waals surface area (Å²) in [6, 6.07) is -0.840. The number of methoxy groups -OCH3 is 1. The number of esters is 1. The molecule has 2 aliphatic carbocycles. The van der Waals surface area contributed by atoms with Crippen LogP contribution < -0.4 is 10.6 Å². The van der Waals surface area contributed by atoms with E-state index >= 15 is 0 Å². The Balaban J connectivity index is 1.79. The lowest BCUT2D eigenvalue weighted by atomic mass is 9.88. The molecule has 5 atom stereocenters. The number of hydrogen-bond acceptors (Lipinski definition) is 8. The predicted octanol–water partition coefficient (Wildman–Crippen LogP) is 4.26. The molecule has 1 heterocycles. The lowest BCUT2D eigenvalue weighted by Crippen LogP contribution is -2.45. The van der Waals surface area contributed by atoms with E-state index in [9.17, 15) is 29.1 Å². The van der Waals surface area contributed by atoms with Crippen LogP contribution in [0.3, 0.4) is 0 Å². The average Bonchev–Trinajstić information content (AvgIpc) is 3.04. The van der Waals surface area contributed by atoms with Gasteiger partial charge in [0, 0.05) is 37.0 Å². The number of ether oxygens (including phenoxy) is 2. The van der Waals surface area contributed by atoms with Crippen molar-refractivity contribution in [1.82, 2.24) is 10.6 Å². The SMILES string of the molecule is COC1/C=C/C=C/C=C/CC(OC(=O)C(C)NC(=O)C2CCCCC2)C(C)C(O)/C(C)=C\CCC2=CC(=O)C=C(NC(=O)C1)C2=O. The summed E-state index contributed by atoms with van der Waals surface area (Å²) >= 11 is 0. The van der Waals surface area contributed by atoms with Crippen LogP contribution in [0.4, 0.5) is 0 Å². The van der Waals surface area contributed by atoms with Crippen molar-refractivity contribution in [2.45, 2.75) is 103 Å². The smallest absolute Gasteiger partial charge is 0.328 e. The largest absolute Gasteiger partial charge is 0.460 e. The molecule has 46 heavy (non-hydrogen) atoms. The predicted molar refractivity (Wildman–Crippen MR) is 174 cm³/mol. The van der Waals surface area contributed by atoms with E-state index in [-0.39, 0.29) is 35.9 Å². The first kappa shape index (κ1) is 36.6. The van der Waals surface area contributed by atoms with Crippen LogP contribution in [0.2, 0.25) is 0 Å². The highest BCUT2D eigenvalue weighted by molar-refractivity contribution is 6.21. The van der Waals surface area contributed by atoms with Gasteiger partial charge in [0.2, 0.25) is 17.6 Å². The molecule has 0 spiro atoms. The Labute approximate surface area is 271 Å². The number of nitrogens with one attached hydrogen (secondary N) is 2. The molecule has 1 fully saturated rings. The minimum Gasteiger partial charge on any atom is -0.460 e. The van der Waals surface area contributed by atoms with Crippen molar-refractivity contribution in [2.75, 3.05) is 7.11 Å². The molecular formula is C36H48N2O8. The fraction of sp³-hybridized carbons (Fsp3) is 0.528. The van der Waals surface area contributed by atoms with E-state index in [0.717, 1.165) is 38.2 Å². The van der Waals surface area contributed by atoms with E-state index < -0.39 is 53.7 Å². The van der Waals surface area contributed by atoms with Crippen LogP contribution in [-0.2, 0) is 33.4 Å². The van der Waals surface area contributed by atoms with Crippen LogP contribution >= 0.6 is 0 Å². The first-order valence-electron chi connectivity index (χ1n) is 16.2. The van der Waals surface area contributed by atoms with Crippen LogP contribution in [0.1, 0.15) is 78.6 Å². The molecule has 250 valence electrons. The van der Waals surface area contributed by atoms with Gasteiger partial charge in [-0.1, -0.05) is 68.7 Å². The lowest BCUT2D eigenvalue weighted by molar-refractivity contribution is -0.156. The maximum atomic E-state index is 13.1. The van der Waals surface area contributed by atoms with Gasteiger partial charge in [0.25, 0.3) is 0 Å². The zero-order valence-electron chi connectivity index (χ0n) is 27.3. The molecule has 2 amide bonds. The molecule has 10 nitrogen and oxygen atoms in total. The summed E-state index contributed by atoms with van der Waals surface area (Å²) in [7, 11) is 1.47. The molecule has 2 bridgehead atoms. The number of ketones is 2. The number of Topliss-reactive ketones (excluding diaryl/α,β-unsaturated/α-hetero) is 1. The Bertz CT molecular complexity index is 1310. The highest BCUT2D eigenvalue weighted by Crippen LogP contribution is 2.25. The normalized spacial score (nSPS) is 29.8. The minimum atomic E-state index is -0.968. The number of aliphatic hydroxyl groups excluding tert-OH is 1. The summed E-state index contributed by atoms with van der Waals surface area (Å²) in [6.45, 7) is 5.16. The van der Waals surface area contributed by atoms with E-state index in [4.69, 9.17) is 9.47 Å². The van der Waals surface area contributed by atoms with Crippen LogP contribution in [0.15, 0.2) is 71.5 Å². The summed E-state index contributed by atoms with van der Waals surface area (Å²) < 4.78 is 11.3. The monoisotopic (exact) mass is 636 g/mol. The van der Waals surface area contributed by atoms with Gasteiger partial charge in [0.15, 0.2) is 5.78 Å². The number of hydrogen-bond donors (Lipinski definition) is 3. The summed E-state index contributed by atoms with van der Waals surface area (Å²) in [4.78, 5) is 63.8. The zero-order valence-corrected chi connectivity index (χ0v) is 27.3. The number of carbonyl (C=O) groups is 5. The Morgan fingerprint density at radius 1 is 1.04 bits per heavy atom. The van der Waals surface area contributed by atoms with E-state index in [1.165, 1.54) is 13.2 Å². The molecule has 0 aromatic heterocycles. The van der Waals surface area contributed by atoms with Gasteiger partial charge in [-0.05, 0) is 51.2 Å². The topological polar surface area (TPSA) is 148 Å². The lowest BCUT2D eigenvalue weighted by Gasteiger charge is -2.29. The Hall–Kier alpha value is -3.89. The zero-order chi connectivity index (χ0) is 33.6. The molecule has 3 rings (SSSR count). The van der Waals surface area contributed by atoms with Crippen molar-refractivity contribution in [1.29, 1.82) is 0 Å². The third-order valence-electron chi connectivity index (χ3n) is 8.65. The number of rotatable bonds is 5. The molecule has 1 saturated carbocycles. The van der Waals surface area contributed by atoms with Crippen LogP contribution in [0, 0.1) is 11.8 Å². The van der Waals surface area contributed by atoms with Crippen molar-refractivity contribution in [3.05, 3.63) is 71.5 Å². The molecule has 0 radical (unpaired) electrons. The van der Waals surface area contributed by atoms with Crippen molar-refractivity contribution in [3.63, 3.8) is 0 Å². The third-order valence-corrected chi connectivity index (χ3v) is 8.65. The van der Waals surface area contributed by atoms with E-state index in [0.29, 0.717) is 18.4 Å². The fourth-order valence-corrected chi connectivity index (χ4v) is 5.73. The number of fused-ring (bicyclic) bond motifs is 2. The van der Waals surface area contributed by atoms with Gasteiger partial charge in [0.1, 0.15) is 12.1 Å². The Kier molecular flexibility index (Phi) is 14.6. The Morgan fingerprint density at radius 2 is 1.76 bits per heavy atom. The molecule has 3 aliphatic rings. The van der Waals surface area contributed by atoms with Gasteiger partial charge in [-0.2, -0.15) is 0 Å². The maximum absolute atomic E-state index is 13.1. The van der Waals surface area contributed by atoms with Gasteiger partial charge in [-0.15, -0.1) is 0 Å². The molecule has 0 saturated heterocycles. The Morgan fingerprint density at radius 3 is 2.48 bits per heavy atom. The standard InChI is InChI=1S/C36H48N2O8/c1-23-14-13-17-27-20-28(39)21-30(34(27)42)38-32(40)22-29(45-4)18-11-6-5-7-12-19-31(24(2)33(23)41)46-36(44)25(3)37-35(43)26-15-9-8-10-16-26/h5-7,11-12,14,18,20-21,24-26,29,31,33,41H,8-10,13,15-17,19,22H2,1-4H3,(H,37,43)(H,38,40)/b6-5+,12-7+,18-11+,23-14-. The number of carbonyl (C=O) groups excluding carboxylic acids is 5. The number of amides is 2. The van der Waals surface area contributed by atoms with E-state index in [1.807, 2.05) is 6.08 Å². The van der Waals surface area contributed by atoms with Gasteiger partial charge >= 0.3 is 5.97 Å². The quantitative estimate of drug-likeness (QED) is 0.230. The molecule has 0 aromatic rings. The highest BCUT2D eigenvalue weighted by atomic mass is 16.5. The number of aliphatic hydroxyl groups is 1. The first-order valence-corrected chi connectivity index (χ1v) is 16.2.